The van der Waals surface area contributed by atoms with Gasteiger partial charge >= 0.3 is 0 Å². The van der Waals surface area contributed by atoms with Crippen LogP contribution in [0.3, 0.4) is 0 Å². The van der Waals surface area contributed by atoms with Crippen LogP contribution in [0.25, 0.3) is 0 Å². The van der Waals surface area contributed by atoms with E-state index in [4.69, 9.17) is 5.41 Å². The molecule has 29 heavy (non-hydrogen) atoms. The lowest BCUT2D eigenvalue weighted by Gasteiger charge is -2.27. The van der Waals surface area contributed by atoms with E-state index < -0.39 is 12.5 Å². The van der Waals surface area contributed by atoms with Crippen molar-refractivity contribution in [2.24, 2.45) is 0 Å². The number of rotatable bonds is 22. The summed E-state index contributed by atoms with van der Waals surface area (Å²) in [7, 11) is 0. The van der Waals surface area contributed by atoms with Crippen LogP contribution in [-0.2, 0) is 0 Å². The minimum atomic E-state index is -0.639. The molecule has 0 bridgehead atoms. The summed E-state index contributed by atoms with van der Waals surface area (Å²) in [6, 6.07) is 0. The summed E-state index contributed by atoms with van der Waals surface area (Å²) in [5, 5.41) is 27.3. The maximum atomic E-state index is 9.61. The highest BCUT2D eigenvalue weighted by molar-refractivity contribution is 5.81. The summed E-state index contributed by atoms with van der Waals surface area (Å²) in [4.78, 5) is 1.65. The van der Waals surface area contributed by atoms with Gasteiger partial charge in [-0.1, -0.05) is 96.8 Å². The van der Waals surface area contributed by atoms with Crippen molar-refractivity contribution in [1.82, 2.24) is 4.90 Å². The first-order chi connectivity index (χ1) is 14.0. The Morgan fingerprint density at radius 3 is 1.34 bits per heavy atom. The molecule has 0 fully saturated rings. The third-order valence-corrected chi connectivity index (χ3v) is 5.94. The molecule has 0 saturated heterocycles. The van der Waals surface area contributed by atoms with Gasteiger partial charge < -0.3 is 15.6 Å². The van der Waals surface area contributed by atoms with E-state index in [1.807, 2.05) is 0 Å². The minimum Gasteiger partial charge on any atom is -0.379 e. The number of hydrogen-bond donors (Lipinski definition) is 3. The standard InChI is InChI=1S/C25H52N2O2/c1-4-5-6-7-8-9-10-11-12-13-14-15-16-17-18-20-25(26)21-19-22-27(23(2)28)24(3)29/h23-24,26,28-29H,4-22H2,1-3H3. The Morgan fingerprint density at radius 1 is 0.621 bits per heavy atom. The molecule has 0 aliphatic rings. The molecule has 0 aromatic heterocycles. The van der Waals surface area contributed by atoms with Crippen LogP contribution >= 0.6 is 0 Å². The van der Waals surface area contributed by atoms with Crippen molar-refractivity contribution < 1.29 is 10.2 Å². The fourth-order valence-electron chi connectivity index (χ4n) is 4.00. The monoisotopic (exact) mass is 412 g/mol. The summed E-state index contributed by atoms with van der Waals surface area (Å²) in [6.07, 6.45) is 21.8. The lowest BCUT2D eigenvalue weighted by Crippen LogP contribution is -2.40. The number of unbranched alkanes of at least 4 members (excludes halogenated alkanes) is 14. The van der Waals surface area contributed by atoms with Crippen molar-refractivity contribution in [1.29, 1.82) is 5.41 Å². The molecule has 0 amide bonds. The van der Waals surface area contributed by atoms with Crippen LogP contribution < -0.4 is 0 Å². The van der Waals surface area contributed by atoms with Crippen molar-refractivity contribution >= 4 is 5.71 Å². The van der Waals surface area contributed by atoms with Crippen molar-refractivity contribution in [3.05, 3.63) is 0 Å². The molecule has 2 atom stereocenters. The Hall–Kier alpha value is -0.450. The number of aliphatic hydroxyl groups excluding tert-OH is 2. The van der Waals surface area contributed by atoms with Crippen LogP contribution in [0.15, 0.2) is 0 Å². The maximum Gasteiger partial charge on any atom is 0.106 e. The Bertz CT molecular complexity index is 351. The first kappa shape index (κ1) is 28.5. The Balaban J connectivity index is 3.33. The molecule has 0 aliphatic heterocycles. The Kier molecular flexibility index (Phi) is 20.5. The second kappa shape index (κ2) is 20.8. The zero-order valence-electron chi connectivity index (χ0n) is 19.9. The van der Waals surface area contributed by atoms with Crippen LogP contribution in [0.5, 0.6) is 0 Å². The van der Waals surface area contributed by atoms with Crippen LogP contribution in [0.1, 0.15) is 136 Å². The summed E-state index contributed by atoms with van der Waals surface area (Å²) >= 11 is 0. The van der Waals surface area contributed by atoms with Gasteiger partial charge in [0.05, 0.1) is 0 Å². The molecule has 0 heterocycles. The number of nitrogens with zero attached hydrogens (tertiary/aromatic N) is 1. The molecule has 0 rings (SSSR count). The number of nitrogens with one attached hydrogen (secondary N) is 1. The van der Waals surface area contributed by atoms with Gasteiger partial charge in [-0.2, -0.15) is 0 Å². The molecule has 4 nitrogen and oxygen atoms in total. The second-order valence-electron chi connectivity index (χ2n) is 8.91. The molecular formula is C25H52N2O2. The van der Waals surface area contributed by atoms with Crippen LogP contribution in [0, 0.1) is 5.41 Å². The van der Waals surface area contributed by atoms with Gasteiger partial charge in [0, 0.05) is 12.3 Å². The van der Waals surface area contributed by atoms with Gasteiger partial charge in [-0.05, 0) is 39.5 Å². The fourth-order valence-corrected chi connectivity index (χ4v) is 4.00. The first-order valence-corrected chi connectivity index (χ1v) is 12.7. The molecular weight excluding hydrogens is 360 g/mol. The van der Waals surface area contributed by atoms with E-state index in [9.17, 15) is 10.2 Å². The number of aliphatic hydroxyl groups is 2. The molecule has 174 valence electrons. The van der Waals surface area contributed by atoms with Gasteiger partial charge in [-0.3, -0.25) is 4.90 Å². The van der Waals surface area contributed by atoms with Crippen molar-refractivity contribution in [3.8, 4) is 0 Å². The predicted octanol–water partition coefficient (Wildman–Crippen LogP) is 7.03. The lowest BCUT2D eigenvalue weighted by molar-refractivity contribution is -0.0840. The predicted molar refractivity (Wildman–Crippen MR) is 127 cm³/mol. The highest BCUT2D eigenvalue weighted by Gasteiger charge is 2.15. The molecule has 0 aromatic rings. The van der Waals surface area contributed by atoms with Crippen LogP contribution in [0.2, 0.25) is 0 Å². The molecule has 0 aromatic carbocycles. The van der Waals surface area contributed by atoms with Crippen molar-refractivity contribution in [2.45, 2.75) is 149 Å². The Morgan fingerprint density at radius 2 is 0.966 bits per heavy atom. The average molecular weight is 413 g/mol. The average Bonchev–Trinajstić information content (AvgIpc) is 2.67. The molecule has 3 N–H and O–H groups in total. The third-order valence-electron chi connectivity index (χ3n) is 5.94. The zero-order valence-corrected chi connectivity index (χ0v) is 19.9. The van der Waals surface area contributed by atoms with E-state index in [0.717, 1.165) is 31.4 Å². The first-order valence-electron chi connectivity index (χ1n) is 12.7. The molecule has 4 heteroatoms. The zero-order chi connectivity index (χ0) is 21.7. The molecule has 0 aliphatic carbocycles. The summed E-state index contributed by atoms with van der Waals surface area (Å²) in [5.74, 6) is 0. The van der Waals surface area contributed by atoms with E-state index in [2.05, 4.69) is 6.92 Å². The van der Waals surface area contributed by atoms with E-state index in [-0.39, 0.29) is 0 Å². The Labute approximate surface area is 182 Å². The molecule has 0 spiro atoms. The van der Waals surface area contributed by atoms with Gasteiger partial charge in [0.25, 0.3) is 0 Å². The van der Waals surface area contributed by atoms with Gasteiger partial charge in [0.15, 0.2) is 0 Å². The normalized spacial score (nSPS) is 13.7. The third kappa shape index (κ3) is 19.3. The van der Waals surface area contributed by atoms with Gasteiger partial charge in [0.2, 0.25) is 0 Å². The second-order valence-corrected chi connectivity index (χ2v) is 8.91. The van der Waals surface area contributed by atoms with Crippen LogP contribution in [-0.4, -0.2) is 39.8 Å². The topological polar surface area (TPSA) is 67.6 Å². The van der Waals surface area contributed by atoms with E-state index in [1.54, 1.807) is 18.7 Å². The van der Waals surface area contributed by atoms with Crippen molar-refractivity contribution in [3.63, 3.8) is 0 Å². The highest BCUT2D eigenvalue weighted by Crippen LogP contribution is 2.14. The van der Waals surface area contributed by atoms with Gasteiger partial charge in [0.1, 0.15) is 12.5 Å². The van der Waals surface area contributed by atoms with Gasteiger partial charge in [-0.15, -0.1) is 0 Å². The highest BCUT2D eigenvalue weighted by atomic mass is 16.3. The largest absolute Gasteiger partial charge is 0.379 e. The summed E-state index contributed by atoms with van der Waals surface area (Å²) < 4.78 is 0. The quantitative estimate of drug-likeness (QED) is 0.102. The fraction of sp³-hybridized carbons (Fsp3) is 0.960. The van der Waals surface area contributed by atoms with E-state index in [0.29, 0.717) is 6.54 Å². The van der Waals surface area contributed by atoms with Crippen molar-refractivity contribution in [2.75, 3.05) is 6.54 Å². The maximum absolute atomic E-state index is 9.61. The number of hydrogen-bond acceptors (Lipinski definition) is 4. The SMILES string of the molecule is CCCCCCCCCCCCCCCCCC(=N)CCCN(C(C)O)C(C)O. The minimum absolute atomic E-state index is 0.635. The summed E-state index contributed by atoms with van der Waals surface area (Å²) in [5.41, 5.74) is 0.816. The molecule has 2 unspecified atom stereocenters. The van der Waals surface area contributed by atoms with E-state index >= 15 is 0 Å². The van der Waals surface area contributed by atoms with E-state index in [1.165, 1.54) is 89.9 Å². The lowest BCUT2D eigenvalue weighted by atomic mass is 10.0. The molecule has 0 saturated carbocycles. The summed E-state index contributed by atoms with van der Waals surface area (Å²) in [6.45, 7) is 6.26. The van der Waals surface area contributed by atoms with Crippen LogP contribution in [0.4, 0.5) is 0 Å². The van der Waals surface area contributed by atoms with Gasteiger partial charge in [-0.25, -0.2) is 0 Å². The smallest absolute Gasteiger partial charge is 0.106 e. The molecule has 0 radical (unpaired) electrons.